The Hall–Kier alpha value is -0.570. The Bertz CT molecular complexity index is 305. The standard InChI is InChI=1S/C14H24N2O/c15-14(17)13-8-10(3-4-16-13)7-12-6-9-1-2-11(12)5-9/h9-13,16H,1-8H2,(H2,15,17). The van der Waals surface area contributed by atoms with Crippen molar-refractivity contribution in [2.75, 3.05) is 6.54 Å². The van der Waals surface area contributed by atoms with Crippen LogP contribution >= 0.6 is 0 Å². The lowest BCUT2D eigenvalue weighted by atomic mass is 9.78. The molecule has 2 aliphatic carbocycles. The van der Waals surface area contributed by atoms with Crippen molar-refractivity contribution in [1.82, 2.24) is 5.32 Å². The molecule has 5 unspecified atom stereocenters. The van der Waals surface area contributed by atoms with Gasteiger partial charge in [0.15, 0.2) is 0 Å². The third-order valence-electron chi connectivity index (χ3n) is 5.38. The van der Waals surface area contributed by atoms with E-state index in [0.717, 1.165) is 36.6 Å². The summed E-state index contributed by atoms with van der Waals surface area (Å²) in [5.74, 6) is 3.59. The van der Waals surface area contributed by atoms with Crippen LogP contribution in [0.5, 0.6) is 0 Å². The molecule has 0 spiro atoms. The fourth-order valence-corrected chi connectivity index (χ4v) is 4.52. The van der Waals surface area contributed by atoms with Crippen LogP contribution in [0.2, 0.25) is 0 Å². The summed E-state index contributed by atoms with van der Waals surface area (Å²) in [6, 6.07) is -0.0626. The Morgan fingerprint density at radius 1 is 1.18 bits per heavy atom. The topological polar surface area (TPSA) is 55.1 Å². The van der Waals surface area contributed by atoms with E-state index in [4.69, 9.17) is 5.73 Å². The second-order valence-corrected chi connectivity index (χ2v) is 6.47. The summed E-state index contributed by atoms with van der Waals surface area (Å²) in [6.07, 6.45) is 9.48. The SMILES string of the molecule is NC(=O)C1CC(CC2CC3CCC2C3)CCN1. The van der Waals surface area contributed by atoms with Crippen molar-refractivity contribution in [3.8, 4) is 0 Å². The number of fused-ring (bicyclic) bond motifs is 2. The summed E-state index contributed by atoms with van der Waals surface area (Å²) in [5, 5.41) is 3.23. The summed E-state index contributed by atoms with van der Waals surface area (Å²) in [5.41, 5.74) is 5.40. The van der Waals surface area contributed by atoms with Crippen molar-refractivity contribution < 1.29 is 4.79 Å². The Morgan fingerprint density at radius 2 is 2.06 bits per heavy atom. The maximum atomic E-state index is 11.2. The molecule has 1 heterocycles. The molecule has 1 aliphatic heterocycles. The summed E-state index contributed by atoms with van der Waals surface area (Å²) < 4.78 is 0. The minimum atomic E-state index is -0.164. The van der Waals surface area contributed by atoms with Gasteiger partial charge in [0.2, 0.25) is 5.91 Å². The molecule has 3 nitrogen and oxygen atoms in total. The summed E-state index contributed by atoms with van der Waals surface area (Å²) in [6.45, 7) is 0.971. The lowest BCUT2D eigenvalue weighted by molar-refractivity contribution is -0.121. The molecule has 96 valence electrons. The third kappa shape index (κ3) is 2.35. The number of carbonyl (C=O) groups excluding carboxylic acids is 1. The summed E-state index contributed by atoms with van der Waals surface area (Å²) >= 11 is 0. The van der Waals surface area contributed by atoms with E-state index in [0.29, 0.717) is 0 Å². The zero-order valence-corrected chi connectivity index (χ0v) is 10.5. The van der Waals surface area contributed by atoms with Gasteiger partial charge in [0.1, 0.15) is 0 Å². The first-order chi connectivity index (χ1) is 8.22. The van der Waals surface area contributed by atoms with Gasteiger partial charge < -0.3 is 11.1 Å². The van der Waals surface area contributed by atoms with E-state index in [-0.39, 0.29) is 11.9 Å². The maximum absolute atomic E-state index is 11.2. The molecule has 0 aromatic rings. The highest BCUT2D eigenvalue weighted by atomic mass is 16.1. The van der Waals surface area contributed by atoms with Gasteiger partial charge in [-0.05, 0) is 68.7 Å². The summed E-state index contributed by atoms with van der Waals surface area (Å²) in [7, 11) is 0. The van der Waals surface area contributed by atoms with E-state index in [1.807, 2.05) is 0 Å². The number of hydrogen-bond acceptors (Lipinski definition) is 2. The van der Waals surface area contributed by atoms with Crippen molar-refractivity contribution in [3.63, 3.8) is 0 Å². The first kappa shape index (κ1) is 11.5. The molecule has 3 rings (SSSR count). The van der Waals surface area contributed by atoms with Crippen molar-refractivity contribution in [3.05, 3.63) is 0 Å². The van der Waals surface area contributed by atoms with E-state index < -0.39 is 0 Å². The number of carbonyl (C=O) groups is 1. The van der Waals surface area contributed by atoms with Crippen molar-refractivity contribution in [2.24, 2.45) is 29.4 Å². The number of piperidine rings is 1. The highest BCUT2D eigenvalue weighted by molar-refractivity contribution is 5.79. The van der Waals surface area contributed by atoms with Gasteiger partial charge in [0, 0.05) is 0 Å². The van der Waals surface area contributed by atoms with Gasteiger partial charge in [-0.1, -0.05) is 6.42 Å². The van der Waals surface area contributed by atoms with Gasteiger partial charge >= 0.3 is 0 Å². The predicted octanol–water partition coefficient (Wildman–Crippen LogP) is 1.67. The van der Waals surface area contributed by atoms with Gasteiger partial charge in [-0.25, -0.2) is 0 Å². The smallest absolute Gasteiger partial charge is 0.234 e. The van der Waals surface area contributed by atoms with Crippen LogP contribution in [0.15, 0.2) is 0 Å². The van der Waals surface area contributed by atoms with Crippen molar-refractivity contribution in [1.29, 1.82) is 0 Å². The zero-order valence-electron chi connectivity index (χ0n) is 10.5. The van der Waals surface area contributed by atoms with Gasteiger partial charge in [0.25, 0.3) is 0 Å². The molecule has 0 aromatic heterocycles. The second kappa shape index (κ2) is 4.60. The number of nitrogens with two attached hydrogens (primary N) is 1. The Balaban J connectivity index is 1.53. The van der Waals surface area contributed by atoms with Crippen molar-refractivity contribution >= 4 is 5.91 Å². The maximum Gasteiger partial charge on any atom is 0.234 e. The lowest BCUT2D eigenvalue weighted by Gasteiger charge is -2.32. The molecule has 17 heavy (non-hydrogen) atoms. The average Bonchev–Trinajstić information content (AvgIpc) is 2.91. The molecule has 3 aliphatic rings. The van der Waals surface area contributed by atoms with E-state index >= 15 is 0 Å². The zero-order chi connectivity index (χ0) is 11.8. The first-order valence-corrected chi connectivity index (χ1v) is 7.25. The van der Waals surface area contributed by atoms with Crippen molar-refractivity contribution in [2.45, 2.75) is 51.0 Å². The third-order valence-corrected chi connectivity index (χ3v) is 5.38. The van der Waals surface area contributed by atoms with Gasteiger partial charge in [0.05, 0.1) is 6.04 Å². The molecule has 5 atom stereocenters. The van der Waals surface area contributed by atoms with E-state index in [1.54, 1.807) is 0 Å². The fourth-order valence-electron chi connectivity index (χ4n) is 4.52. The molecule has 3 heteroatoms. The minimum absolute atomic E-state index is 0.0626. The second-order valence-electron chi connectivity index (χ2n) is 6.47. The molecule has 3 fully saturated rings. The molecule has 1 amide bonds. The molecule has 0 aromatic carbocycles. The summed E-state index contributed by atoms with van der Waals surface area (Å²) in [4.78, 5) is 11.2. The van der Waals surface area contributed by atoms with Crippen LogP contribution in [-0.4, -0.2) is 18.5 Å². The minimum Gasteiger partial charge on any atom is -0.368 e. The van der Waals surface area contributed by atoms with Crippen LogP contribution < -0.4 is 11.1 Å². The van der Waals surface area contributed by atoms with Crippen LogP contribution in [-0.2, 0) is 4.79 Å². The van der Waals surface area contributed by atoms with Gasteiger partial charge in [-0.2, -0.15) is 0 Å². The Morgan fingerprint density at radius 3 is 2.71 bits per heavy atom. The Labute approximate surface area is 104 Å². The predicted molar refractivity (Wildman–Crippen MR) is 67.3 cm³/mol. The average molecular weight is 236 g/mol. The molecule has 0 radical (unpaired) electrons. The van der Waals surface area contributed by atoms with E-state index in [9.17, 15) is 4.79 Å². The molecule has 2 saturated carbocycles. The quantitative estimate of drug-likeness (QED) is 0.783. The number of amides is 1. The number of rotatable bonds is 3. The van der Waals surface area contributed by atoms with Gasteiger partial charge in [-0.3, -0.25) is 4.79 Å². The normalized spacial score (nSPS) is 45.1. The van der Waals surface area contributed by atoms with Crippen LogP contribution in [0.4, 0.5) is 0 Å². The number of primary amides is 1. The molecule has 1 saturated heterocycles. The molecular weight excluding hydrogens is 212 g/mol. The van der Waals surface area contributed by atoms with Crippen LogP contribution in [0, 0.1) is 23.7 Å². The largest absolute Gasteiger partial charge is 0.368 e. The lowest BCUT2D eigenvalue weighted by Crippen LogP contribution is -2.47. The number of hydrogen-bond donors (Lipinski definition) is 2. The van der Waals surface area contributed by atoms with Gasteiger partial charge in [-0.15, -0.1) is 0 Å². The van der Waals surface area contributed by atoms with E-state index in [1.165, 1.54) is 38.5 Å². The van der Waals surface area contributed by atoms with Crippen LogP contribution in [0.3, 0.4) is 0 Å². The molecule has 3 N–H and O–H groups in total. The first-order valence-electron chi connectivity index (χ1n) is 7.25. The highest BCUT2D eigenvalue weighted by Gasteiger charge is 2.40. The van der Waals surface area contributed by atoms with Crippen LogP contribution in [0.1, 0.15) is 44.9 Å². The Kier molecular flexibility index (Phi) is 3.12. The highest BCUT2D eigenvalue weighted by Crippen LogP contribution is 2.51. The molecular formula is C14H24N2O. The van der Waals surface area contributed by atoms with Crippen LogP contribution in [0.25, 0.3) is 0 Å². The van der Waals surface area contributed by atoms with E-state index in [2.05, 4.69) is 5.32 Å². The molecule has 2 bridgehead atoms. The monoisotopic (exact) mass is 236 g/mol. The number of nitrogens with one attached hydrogen (secondary N) is 1. The fraction of sp³-hybridized carbons (Fsp3) is 0.929.